The first-order valence-corrected chi connectivity index (χ1v) is 6.54. The Kier molecular flexibility index (Phi) is 5.90. The van der Waals surface area contributed by atoms with Crippen LogP contribution in [-0.4, -0.2) is 19.0 Å². The smallest absolute Gasteiger partial charge is 0.220 e. The van der Waals surface area contributed by atoms with Gasteiger partial charge in [-0.15, -0.1) is 11.3 Å². The third-order valence-corrected chi connectivity index (χ3v) is 3.61. The van der Waals surface area contributed by atoms with Crippen molar-refractivity contribution in [3.05, 3.63) is 20.8 Å². The average Bonchev–Trinajstić information content (AvgIpc) is 2.61. The van der Waals surface area contributed by atoms with Gasteiger partial charge < -0.3 is 11.1 Å². The van der Waals surface area contributed by atoms with Crippen molar-refractivity contribution in [1.82, 2.24) is 5.32 Å². The average molecular weight is 291 g/mol. The Morgan fingerprint density at radius 1 is 1.53 bits per heavy atom. The van der Waals surface area contributed by atoms with Gasteiger partial charge in [-0.2, -0.15) is 0 Å². The molecule has 0 atom stereocenters. The maximum absolute atomic E-state index is 11.2. The minimum absolute atomic E-state index is 0.0936. The first kappa shape index (κ1) is 12.7. The van der Waals surface area contributed by atoms with E-state index in [0.29, 0.717) is 19.5 Å². The Balaban J connectivity index is 2.13. The van der Waals surface area contributed by atoms with E-state index in [-0.39, 0.29) is 5.91 Å². The predicted molar refractivity (Wildman–Crippen MR) is 67.0 cm³/mol. The molecule has 0 bridgehead atoms. The van der Waals surface area contributed by atoms with E-state index in [9.17, 15) is 4.79 Å². The van der Waals surface area contributed by atoms with E-state index in [1.807, 2.05) is 6.07 Å². The summed E-state index contributed by atoms with van der Waals surface area (Å²) in [5.74, 6) is 0.0936. The summed E-state index contributed by atoms with van der Waals surface area (Å²) >= 11 is 5.11. The summed E-state index contributed by atoms with van der Waals surface area (Å²) in [6.45, 7) is 1.28. The van der Waals surface area contributed by atoms with E-state index in [0.717, 1.165) is 16.6 Å². The van der Waals surface area contributed by atoms with Crippen molar-refractivity contribution >= 4 is 33.2 Å². The molecule has 1 rings (SSSR count). The molecule has 0 radical (unpaired) electrons. The molecule has 1 heterocycles. The SMILES string of the molecule is NCCCC(=O)NCCc1ccc(Br)s1. The molecule has 1 amide bonds. The van der Waals surface area contributed by atoms with Gasteiger partial charge in [0.1, 0.15) is 0 Å². The van der Waals surface area contributed by atoms with E-state index in [2.05, 4.69) is 27.3 Å². The fourth-order valence-corrected chi connectivity index (χ4v) is 2.64. The highest BCUT2D eigenvalue weighted by atomic mass is 79.9. The van der Waals surface area contributed by atoms with Crippen LogP contribution in [0.3, 0.4) is 0 Å². The van der Waals surface area contributed by atoms with Gasteiger partial charge in [0.2, 0.25) is 5.91 Å². The molecule has 0 spiro atoms. The zero-order valence-electron chi connectivity index (χ0n) is 8.46. The van der Waals surface area contributed by atoms with Crippen LogP contribution in [0.2, 0.25) is 0 Å². The van der Waals surface area contributed by atoms with Crippen molar-refractivity contribution in [2.24, 2.45) is 5.73 Å². The van der Waals surface area contributed by atoms with Gasteiger partial charge in [0.05, 0.1) is 3.79 Å². The highest BCUT2D eigenvalue weighted by Crippen LogP contribution is 2.21. The Morgan fingerprint density at radius 3 is 2.93 bits per heavy atom. The Hall–Kier alpha value is -0.390. The van der Waals surface area contributed by atoms with E-state index in [4.69, 9.17) is 5.73 Å². The summed E-state index contributed by atoms with van der Waals surface area (Å²) < 4.78 is 1.13. The minimum Gasteiger partial charge on any atom is -0.356 e. The van der Waals surface area contributed by atoms with Gasteiger partial charge in [0.15, 0.2) is 0 Å². The van der Waals surface area contributed by atoms with Crippen molar-refractivity contribution in [2.45, 2.75) is 19.3 Å². The molecule has 0 fully saturated rings. The topological polar surface area (TPSA) is 55.1 Å². The first-order valence-electron chi connectivity index (χ1n) is 4.93. The van der Waals surface area contributed by atoms with Crippen LogP contribution in [0.25, 0.3) is 0 Å². The van der Waals surface area contributed by atoms with Crippen molar-refractivity contribution < 1.29 is 4.79 Å². The number of halogens is 1. The molecule has 1 aromatic rings. The second kappa shape index (κ2) is 6.98. The summed E-state index contributed by atoms with van der Waals surface area (Å²) in [6, 6.07) is 4.09. The lowest BCUT2D eigenvalue weighted by Gasteiger charge is -2.02. The molecular formula is C10H15BrN2OS. The summed E-state index contributed by atoms with van der Waals surface area (Å²) in [5.41, 5.74) is 5.32. The summed E-state index contributed by atoms with van der Waals surface area (Å²) in [4.78, 5) is 12.5. The zero-order valence-corrected chi connectivity index (χ0v) is 10.9. The fraction of sp³-hybridized carbons (Fsp3) is 0.500. The third-order valence-electron chi connectivity index (χ3n) is 1.93. The number of rotatable bonds is 6. The van der Waals surface area contributed by atoms with Gasteiger partial charge in [0, 0.05) is 17.8 Å². The van der Waals surface area contributed by atoms with Crippen molar-refractivity contribution in [2.75, 3.05) is 13.1 Å². The van der Waals surface area contributed by atoms with E-state index in [1.165, 1.54) is 4.88 Å². The molecular weight excluding hydrogens is 276 g/mol. The molecule has 0 saturated heterocycles. The van der Waals surface area contributed by atoms with Crippen LogP contribution < -0.4 is 11.1 Å². The zero-order chi connectivity index (χ0) is 11.1. The van der Waals surface area contributed by atoms with E-state index >= 15 is 0 Å². The molecule has 0 saturated carbocycles. The highest BCUT2D eigenvalue weighted by Gasteiger charge is 2.01. The maximum atomic E-state index is 11.2. The van der Waals surface area contributed by atoms with Gasteiger partial charge in [-0.25, -0.2) is 0 Å². The summed E-state index contributed by atoms with van der Waals surface area (Å²) in [7, 11) is 0. The lowest BCUT2D eigenvalue weighted by molar-refractivity contribution is -0.121. The van der Waals surface area contributed by atoms with Crippen LogP contribution in [0.15, 0.2) is 15.9 Å². The molecule has 0 aromatic carbocycles. The van der Waals surface area contributed by atoms with Gasteiger partial charge in [-0.1, -0.05) is 0 Å². The number of thiophene rings is 1. The second-order valence-corrected chi connectivity index (χ2v) is 5.75. The molecule has 1 aromatic heterocycles. The fourth-order valence-electron chi connectivity index (χ4n) is 1.16. The van der Waals surface area contributed by atoms with Gasteiger partial charge in [-0.3, -0.25) is 4.79 Å². The van der Waals surface area contributed by atoms with Crippen molar-refractivity contribution in [1.29, 1.82) is 0 Å². The Bertz CT molecular complexity index is 314. The molecule has 15 heavy (non-hydrogen) atoms. The number of hydrogen-bond donors (Lipinski definition) is 2. The largest absolute Gasteiger partial charge is 0.356 e. The molecule has 0 aliphatic carbocycles. The van der Waals surface area contributed by atoms with Crippen LogP contribution in [-0.2, 0) is 11.2 Å². The van der Waals surface area contributed by atoms with Crippen LogP contribution in [0, 0.1) is 0 Å². The van der Waals surface area contributed by atoms with Gasteiger partial charge in [-0.05, 0) is 47.4 Å². The maximum Gasteiger partial charge on any atom is 0.220 e. The first-order chi connectivity index (χ1) is 7.22. The number of carbonyl (C=O) groups is 1. The lowest BCUT2D eigenvalue weighted by atomic mass is 10.3. The number of amides is 1. The number of hydrogen-bond acceptors (Lipinski definition) is 3. The van der Waals surface area contributed by atoms with Crippen LogP contribution in [0.4, 0.5) is 0 Å². The van der Waals surface area contributed by atoms with Crippen molar-refractivity contribution in [3.8, 4) is 0 Å². The molecule has 5 heteroatoms. The summed E-state index contributed by atoms with van der Waals surface area (Å²) in [5, 5.41) is 2.87. The molecule has 3 N–H and O–H groups in total. The molecule has 84 valence electrons. The van der Waals surface area contributed by atoms with Gasteiger partial charge in [0.25, 0.3) is 0 Å². The number of nitrogens with one attached hydrogen (secondary N) is 1. The van der Waals surface area contributed by atoms with Crippen LogP contribution in [0.1, 0.15) is 17.7 Å². The Labute approximate surface area is 102 Å². The van der Waals surface area contributed by atoms with Crippen LogP contribution >= 0.6 is 27.3 Å². The number of nitrogens with two attached hydrogens (primary N) is 1. The monoisotopic (exact) mass is 290 g/mol. The molecule has 0 unspecified atom stereocenters. The predicted octanol–water partition coefficient (Wildman–Crippen LogP) is 1.91. The van der Waals surface area contributed by atoms with E-state index in [1.54, 1.807) is 11.3 Å². The molecule has 0 aliphatic heterocycles. The highest BCUT2D eigenvalue weighted by molar-refractivity contribution is 9.11. The van der Waals surface area contributed by atoms with Gasteiger partial charge >= 0.3 is 0 Å². The Morgan fingerprint density at radius 2 is 2.33 bits per heavy atom. The quantitative estimate of drug-likeness (QED) is 0.841. The normalized spacial score (nSPS) is 10.3. The molecule has 3 nitrogen and oxygen atoms in total. The van der Waals surface area contributed by atoms with Crippen LogP contribution in [0.5, 0.6) is 0 Å². The minimum atomic E-state index is 0.0936. The van der Waals surface area contributed by atoms with E-state index < -0.39 is 0 Å². The third kappa shape index (κ3) is 5.30. The van der Waals surface area contributed by atoms with Crippen molar-refractivity contribution in [3.63, 3.8) is 0 Å². The number of carbonyl (C=O) groups excluding carboxylic acids is 1. The summed E-state index contributed by atoms with van der Waals surface area (Å²) in [6.07, 6.45) is 2.19. The second-order valence-electron chi connectivity index (χ2n) is 3.20. The molecule has 0 aliphatic rings. The standard InChI is InChI=1S/C10H15BrN2OS/c11-9-4-3-8(15-9)5-7-13-10(14)2-1-6-12/h3-4H,1-2,5-7,12H2,(H,13,14). The lowest BCUT2D eigenvalue weighted by Crippen LogP contribution is -2.25.